The summed E-state index contributed by atoms with van der Waals surface area (Å²) in [5, 5.41) is 6.09. The number of aromatic nitrogens is 1. The Morgan fingerprint density at radius 1 is 1.45 bits per heavy atom. The number of hydrogen-bond donors (Lipinski definition) is 1. The van der Waals surface area contributed by atoms with Gasteiger partial charge in [-0.15, -0.1) is 0 Å². The Labute approximate surface area is 115 Å². The molecule has 20 heavy (non-hydrogen) atoms. The summed E-state index contributed by atoms with van der Waals surface area (Å²) in [5.41, 5.74) is -0.596. The van der Waals surface area contributed by atoms with E-state index in [2.05, 4.69) is 10.5 Å². The summed E-state index contributed by atoms with van der Waals surface area (Å²) in [7, 11) is 1.47. The predicted octanol–water partition coefficient (Wildman–Crippen LogP) is 2.11. The Kier molecular flexibility index (Phi) is 4.14. The smallest absolute Gasteiger partial charge is 0.290 e. The molecule has 6 heteroatoms. The molecule has 0 radical (unpaired) electrons. The summed E-state index contributed by atoms with van der Waals surface area (Å²) in [6.45, 7) is 1.80. The van der Waals surface area contributed by atoms with E-state index in [1.54, 1.807) is 25.1 Å². The van der Waals surface area contributed by atoms with Crippen molar-refractivity contribution in [3.63, 3.8) is 0 Å². The lowest BCUT2D eigenvalue weighted by Crippen LogP contribution is -2.40. The third-order valence-electron chi connectivity index (χ3n) is 3.14. The van der Waals surface area contributed by atoms with E-state index in [0.717, 1.165) is 0 Å². The van der Waals surface area contributed by atoms with E-state index in [0.29, 0.717) is 5.56 Å². The molecule has 2 aromatic rings. The molecular formula is C14H15FN2O3. The average molecular weight is 278 g/mol. The number of halogens is 1. The normalized spacial score (nSPS) is 13.8. The molecule has 1 aromatic carbocycles. The molecule has 1 amide bonds. The summed E-state index contributed by atoms with van der Waals surface area (Å²) in [5.74, 6) is -0.718. The van der Waals surface area contributed by atoms with Crippen molar-refractivity contribution < 1.29 is 18.4 Å². The molecule has 1 unspecified atom stereocenters. The van der Waals surface area contributed by atoms with Crippen LogP contribution in [0.25, 0.3) is 0 Å². The third kappa shape index (κ3) is 2.85. The zero-order valence-electron chi connectivity index (χ0n) is 11.2. The van der Waals surface area contributed by atoms with E-state index in [4.69, 9.17) is 9.26 Å². The predicted molar refractivity (Wildman–Crippen MR) is 69.6 cm³/mol. The Balaban J connectivity index is 2.12. The van der Waals surface area contributed by atoms with Gasteiger partial charge in [0.05, 0.1) is 12.7 Å². The van der Waals surface area contributed by atoms with Crippen molar-refractivity contribution in [2.75, 3.05) is 13.7 Å². The molecule has 2 rings (SSSR count). The van der Waals surface area contributed by atoms with Gasteiger partial charge < -0.3 is 14.6 Å². The highest BCUT2D eigenvalue weighted by atomic mass is 19.1. The lowest BCUT2D eigenvalue weighted by atomic mass is 9.95. The molecular weight excluding hydrogens is 263 g/mol. The average Bonchev–Trinajstić information content (AvgIpc) is 2.99. The van der Waals surface area contributed by atoms with Crippen LogP contribution in [0.3, 0.4) is 0 Å². The van der Waals surface area contributed by atoms with Crippen LogP contribution in [0.4, 0.5) is 4.39 Å². The molecule has 0 spiro atoms. The van der Waals surface area contributed by atoms with Gasteiger partial charge in [0.25, 0.3) is 5.91 Å². The fraction of sp³-hybridized carbons (Fsp3) is 0.286. The van der Waals surface area contributed by atoms with Crippen LogP contribution in [-0.2, 0) is 10.3 Å². The monoisotopic (exact) mass is 278 g/mol. The molecule has 1 N–H and O–H groups in total. The molecule has 0 aliphatic rings. The third-order valence-corrected chi connectivity index (χ3v) is 3.14. The molecule has 1 aromatic heterocycles. The molecule has 5 nitrogen and oxygen atoms in total. The van der Waals surface area contributed by atoms with Crippen molar-refractivity contribution in [3.8, 4) is 0 Å². The largest absolute Gasteiger partial charge is 0.372 e. The van der Waals surface area contributed by atoms with Gasteiger partial charge in [-0.05, 0) is 13.0 Å². The maximum Gasteiger partial charge on any atom is 0.290 e. The first-order chi connectivity index (χ1) is 9.57. The second-order valence-electron chi connectivity index (χ2n) is 4.47. The topological polar surface area (TPSA) is 64.4 Å². The summed E-state index contributed by atoms with van der Waals surface area (Å²) in [4.78, 5) is 11.8. The maximum absolute atomic E-state index is 13.8. The van der Waals surface area contributed by atoms with E-state index in [1.165, 1.54) is 25.4 Å². The van der Waals surface area contributed by atoms with Gasteiger partial charge >= 0.3 is 0 Å². The lowest BCUT2D eigenvalue weighted by Gasteiger charge is -2.29. The SMILES string of the molecule is COC(C)(CNC(=O)c1ccno1)c1ccccc1F. The van der Waals surface area contributed by atoms with Gasteiger partial charge in [0, 0.05) is 18.7 Å². The van der Waals surface area contributed by atoms with Gasteiger partial charge in [0.1, 0.15) is 11.4 Å². The second-order valence-corrected chi connectivity index (χ2v) is 4.47. The summed E-state index contributed by atoms with van der Waals surface area (Å²) >= 11 is 0. The number of carbonyl (C=O) groups excluding carboxylic acids is 1. The number of hydrogen-bond acceptors (Lipinski definition) is 4. The Hall–Kier alpha value is -2.21. The van der Waals surface area contributed by atoms with Gasteiger partial charge in [0.15, 0.2) is 0 Å². The highest BCUT2D eigenvalue weighted by molar-refractivity contribution is 5.91. The number of amides is 1. The fourth-order valence-corrected chi connectivity index (χ4v) is 1.84. The Morgan fingerprint density at radius 3 is 2.80 bits per heavy atom. The van der Waals surface area contributed by atoms with Crippen LogP contribution in [0, 0.1) is 5.82 Å². The standard InChI is InChI=1S/C14H15FN2O3/c1-14(19-2,10-5-3-4-6-11(10)15)9-16-13(18)12-7-8-17-20-12/h3-8H,9H2,1-2H3,(H,16,18). The first-order valence-corrected chi connectivity index (χ1v) is 6.06. The number of nitrogens with zero attached hydrogens (tertiary/aromatic N) is 1. The van der Waals surface area contributed by atoms with Crippen LogP contribution >= 0.6 is 0 Å². The van der Waals surface area contributed by atoms with E-state index >= 15 is 0 Å². The van der Waals surface area contributed by atoms with E-state index in [9.17, 15) is 9.18 Å². The quantitative estimate of drug-likeness (QED) is 0.909. The van der Waals surface area contributed by atoms with E-state index in [1.807, 2.05) is 0 Å². The zero-order chi connectivity index (χ0) is 14.6. The lowest BCUT2D eigenvalue weighted by molar-refractivity contribution is 0.000131. The number of methoxy groups -OCH3 is 1. The first kappa shape index (κ1) is 14.2. The van der Waals surface area contributed by atoms with Gasteiger partial charge in [-0.25, -0.2) is 4.39 Å². The Morgan fingerprint density at radius 2 is 2.20 bits per heavy atom. The number of carbonyl (C=O) groups is 1. The minimum Gasteiger partial charge on any atom is -0.372 e. The summed E-state index contributed by atoms with van der Waals surface area (Å²) < 4.78 is 24.0. The van der Waals surface area contributed by atoms with Crippen molar-refractivity contribution in [2.45, 2.75) is 12.5 Å². The van der Waals surface area contributed by atoms with Crippen molar-refractivity contribution >= 4 is 5.91 Å². The number of rotatable bonds is 5. The van der Waals surface area contributed by atoms with Crippen LogP contribution in [-0.4, -0.2) is 24.7 Å². The minimum atomic E-state index is -0.971. The van der Waals surface area contributed by atoms with Gasteiger partial charge in [-0.3, -0.25) is 4.79 Å². The highest BCUT2D eigenvalue weighted by Crippen LogP contribution is 2.26. The van der Waals surface area contributed by atoms with Crippen molar-refractivity contribution in [2.24, 2.45) is 0 Å². The maximum atomic E-state index is 13.8. The van der Waals surface area contributed by atoms with Crippen LogP contribution in [0.2, 0.25) is 0 Å². The number of ether oxygens (including phenoxy) is 1. The van der Waals surface area contributed by atoms with Gasteiger partial charge in [0.2, 0.25) is 5.76 Å². The van der Waals surface area contributed by atoms with Crippen LogP contribution in [0.15, 0.2) is 41.1 Å². The molecule has 1 atom stereocenters. The summed E-state index contributed by atoms with van der Waals surface area (Å²) in [6.07, 6.45) is 1.38. The van der Waals surface area contributed by atoms with Crippen molar-refractivity contribution in [1.82, 2.24) is 10.5 Å². The minimum absolute atomic E-state index is 0.0944. The molecule has 0 saturated heterocycles. The number of nitrogens with one attached hydrogen (secondary N) is 1. The Bertz CT molecular complexity index is 586. The molecule has 0 bridgehead atoms. The molecule has 0 aliphatic carbocycles. The fourth-order valence-electron chi connectivity index (χ4n) is 1.84. The summed E-state index contributed by atoms with van der Waals surface area (Å²) in [6, 6.07) is 7.74. The van der Waals surface area contributed by atoms with E-state index < -0.39 is 11.5 Å². The van der Waals surface area contributed by atoms with Crippen molar-refractivity contribution in [3.05, 3.63) is 53.7 Å². The molecule has 1 heterocycles. The molecule has 0 fully saturated rings. The van der Waals surface area contributed by atoms with Crippen LogP contribution in [0.1, 0.15) is 23.0 Å². The number of benzene rings is 1. The molecule has 106 valence electrons. The zero-order valence-corrected chi connectivity index (χ0v) is 11.2. The van der Waals surface area contributed by atoms with Crippen molar-refractivity contribution in [1.29, 1.82) is 0 Å². The van der Waals surface area contributed by atoms with Gasteiger partial charge in [-0.2, -0.15) is 0 Å². The highest BCUT2D eigenvalue weighted by Gasteiger charge is 2.30. The molecule has 0 saturated carbocycles. The van der Waals surface area contributed by atoms with Gasteiger partial charge in [-0.1, -0.05) is 23.4 Å². The van der Waals surface area contributed by atoms with Crippen LogP contribution in [0.5, 0.6) is 0 Å². The second kappa shape index (κ2) is 5.83. The molecule has 0 aliphatic heterocycles. The first-order valence-electron chi connectivity index (χ1n) is 6.06. The van der Waals surface area contributed by atoms with Crippen LogP contribution < -0.4 is 5.32 Å². The van der Waals surface area contributed by atoms with E-state index in [-0.39, 0.29) is 18.1 Å².